The van der Waals surface area contributed by atoms with Crippen LogP contribution in [-0.4, -0.2) is 19.5 Å². The Kier molecular flexibility index (Phi) is 3.18. The van der Waals surface area contributed by atoms with E-state index >= 15 is 0 Å². The van der Waals surface area contributed by atoms with E-state index in [4.69, 9.17) is 9.47 Å². The number of benzene rings is 2. The van der Waals surface area contributed by atoms with Gasteiger partial charge >= 0.3 is 0 Å². The highest BCUT2D eigenvalue weighted by Crippen LogP contribution is 2.37. The van der Waals surface area contributed by atoms with Crippen molar-refractivity contribution in [2.75, 3.05) is 13.7 Å². The van der Waals surface area contributed by atoms with Crippen LogP contribution in [-0.2, 0) is 0 Å². The van der Waals surface area contributed by atoms with Crippen molar-refractivity contribution in [1.29, 1.82) is 0 Å². The first-order valence-electron chi connectivity index (χ1n) is 6.61. The Labute approximate surface area is 118 Å². The number of methoxy groups -OCH3 is 1. The van der Waals surface area contributed by atoms with Gasteiger partial charge in [-0.1, -0.05) is 29.8 Å². The van der Waals surface area contributed by atoms with E-state index in [1.807, 2.05) is 49.4 Å². The number of carbonyl (C=O) groups excluding carboxylic acids is 1. The van der Waals surface area contributed by atoms with Crippen LogP contribution in [0.15, 0.2) is 42.5 Å². The highest BCUT2D eigenvalue weighted by Gasteiger charge is 2.32. The molecule has 0 N–H and O–H groups in total. The molecule has 1 heterocycles. The SMILES string of the molecule is COc1ccc(C)cc1C(=O)C1COc2ccccc21. The Balaban J connectivity index is 2.00. The van der Waals surface area contributed by atoms with Crippen molar-refractivity contribution in [3.8, 4) is 11.5 Å². The second kappa shape index (κ2) is 5.00. The topological polar surface area (TPSA) is 35.5 Å². The molecule has 0 aromatic heterocycles. The molecule has 0 radical (unpaired) electrons. The second-order valence-corrected chi connectivity index (χ2v) is 4.97. The van der Waals surface area contributed by atoms with Gasteiger partial charge in [-0.3, -0.25) is 4.79 Å². The molecule has 0 amide bonds. The third kappa shape index (κ3) is 2.05. The first-order valence-corrected chi connectivity index (χ1v) is 6.61. The summed E-state index contributed by atoms with van der Waals surface area (Å²) in [6.07, 6.45) is 0. The molecule has 0 bridgehead atoms. The lowest BCUT2D eigenvalue weighted by atomic mass is 9.91. The van der Waals surface area contributed by atoms with Crippen molar-refractivity contribution in [1.82, 2.24) is 0 Å². The Bertz CT molecular complexity index is 661. The van der Waals surface area contributed by atoms with Gasteiger partial charge in [-0.15, -0.1) is 0 Å². The lowest BCUT2D eigenvalue weighted by molar-refractivity contribution is 0.0944. The number of fused-ring (bicyclic) bond motifs is 1. The fourth-order valence-corrected chi connectivity index (χ4v) is 2.58. The molecular formula is C17H16O3. The maximum Gasteiger partial charge on any atom is 0.177 e. The number of carbonyl (C=O) groups is 1. The van der Waals surface area contributed by atoms with Crippen LogP contribution in [0.2, 0.25) is 0 Å². The third-order valence-corrected chi connectivity index (χ3v) is 3.64. The highest BCUT2D eigenvalue weighted by molar-refractivity contribution is 6.04. The number of Topliss-reactive ketones (excluding diaryl/α,β-unsaturated/α-hetero) is 1. The number of rotatable bonds is 3. The first-order chi connectivity index (χ1) is 9.70. The molecule has 2 aromatic rings. The van der Waals surface area contributed by atoms with E-state index in [1.54, 1.807) is 7.11 Å². The number of hydrogen-bond acceptors (Lipinski definition) is 3. The van der Waals surface area contributed by atoms with Crippen molar-refractivity contribution in [3.63, 3.8) is 0 Å². The van der Waals surface area contributed by atoms with E-state index in [0.29, 0.717) is 17.9 Å². The van der Waals surface area contributed by atoms with Gasteiger partial charge in [-0.05, 0) is 25.1 Å². The van der Waals surface area contributed by atoms with E-state index in [-0.39, 0.29) is 11.7 Å². The largest absolute Gasteiger partial charge is 0.496 e. The van der Waals surface area contributed by atoms with E-state index in [9.17, 15) is 4.79 Å². The molecule has 3 heteroatoms. The Morgan fingerprint density at radius 1 is 1.25 bits per heavy atom. The van der Waals surface area contributed by atoms with Gasteiger partial charge in [0.1, 0.15) is 18.1 Å². The van der Waals surface area contributed by atoms with Crippen LogP contribution >= 0.6 is 0 Å². The number of para-hydroxylation sites is 1. The average Bonchev–Trinajstić information content (AvgIpc) is 2.90. The quantitative estimate of drug-likeness (QED) is 0.801. The summed E-state index contributed by atoms with van der Waals surface area (Å²) in [5.74, 6) is 1.22. The van der Waals surface area contributed by atoms with Gasteiger partial charge in [0, 0.05) is 5.56 Å². The minimum atomic E-state index is -0.248. The van der Waals surface area contributed by atoms with Gasteiger partial charge in [0.2, 0.25) is 0 Å². The lowest BCUT2D eigenvalue weighted by Crippen LogP contribution is -2.15. The minimum absolute atomic E-state index is 0.0514. The zero-order valence-electron chi connectivity index (χ0n) is 11.6. The molecule has 0 aliphatic carbocycles. The number of hydrogen-bond donors (Lipinski definition) is 0. The predicted octanol–water partition coefficient (Wildman–Crippen LogP) is 3.36. The molecule has 0 saturated heterocycles. The van der Waals surface area contributed by atoms with Gasteiger partial charge < -0.3 is 9.47 Å². The maximum atomic E-state index is 12.8. The zero-order chi connectivity index (χ0) is 14.1. The molecule has 1 unspecified atom stereocenters. The third-order valence-electron chi connectivity index (χ3n) is 3.64. The molecule has 3 nitrogen and oxygen atoms in total. The number of ketones is 1. The second-order valence-electron chi connectivity index (χ2n) is 4.97. The zero-order valence-corrected chi connectivity index (χ0v) is 11.6. The average molecular weight is 268 g/mol. The lowest BCUT2D eigenvalue weighted by Gasteiger charge is -2.12. The van der Waals surface area contributed by atoms with E-state index < -0.39 is 0 Å². The molecule has 1 aliphatic heterocycles. The highest BCUT2D eigenvalue weighted by atomic mass is 16.5. The van der Waals surface area contributed by atoms with Gasteiger partial charge in [0.25, 0.3) is 0 Å². The minimum Gasteiger partial charge on any atom is -0.496 e. The number of aryl methyl sites for hydroxylation is 1. The molecule has 20 heavy (non-hydrogen) atoms. The van der Waals surface area contributed by atoms with Gasteiger partial charge in [0.15, 0.2) is 5.78 Å². The van der Waals surface area contributed by atoms with Crippen LogP contribution in [0.25, 0.3) is 0 Å². The predicted molar refractivity (Wildman–Crippen MR) is 76.7 cm³/mol. The summed E-state index contributed by atoms with van der Waals surface area (Å²) in [5.41, 5.74) is 2.63. The van der Waals surface area contributed by atoms with Crippen molar-refractivity contribution >= 4 is 5.78 Å². The van der Waals surface area contributed by atoms with Crippen molar-refractivity contribution in [2.24, 2.45) is 0 Å². The molecule has 0 spiro atoms. The first kappa shape index (κ1) is 12.7. The summed E-state index contributed by atoms with van der Waals surface area (Å²) < 4.78 is 10.9. The van der Waals surface area contributed by atoms with Gasteiger partial charge in [-0.2, -0.15) is 0 Å². The number of ether oxygens (including phenoxy) is 2. The Morgan fingerprint density at radius 3 is 2.85 bits per heavy atom. The summed E-state index contributed by atoms with van der Waals surface area (Å²) in [6.45, 7) is 2.37. The molecule has 1 aliphatic rings. The Hall–Kier alpha value is -2.29. The summed E-state index contributed by atoms with van der Waals surface area (Å²) in [4.78, 5) is 12.8. The molecule has 0 saturated carbocycles. The molecule has 1 atom stereocenters. The molecule has 102 valence electrons. The summed E-state index contributed by atoms with van der Waals surface area (Å²) in [6, 6.07) is 13.4. The van der Waals surface area contributed by atoms with Crippen LogP contribution < -0.4 is 9.47 Å². The van der Waals surface area contributed by atoms with Crippen molar-refractivity contribution in [2.45, 2.75) is 12.8 Å². The summed E-state index contributed by atoms with van der Waals surface area (Å²) in [7, 11) is 1.58. The monoisotopic (exact) mass is 268 g/mol. The summed E-state index contributed by atoms with van der Waals surface area (Å²) in [5, 5.41) is 0. The van der Waals surface area contributed by atoms with Crippen LogP contribution in [0.3, 0.4) is 0 Å². The Morgan fingerprint density at radius 2 is 2.05 bits per heavy atom. The fraction of sp³-hybridized carbons (Fsp3) is 0.235. The standard InChI is InChI=1S/C17H16O3/c1-11-7-8-15(19-2)13(9-11)17(18)14-10-20-16-6-4-3-5-12(14)16/h3-9,14H,10H2,1-2H3. The van der Waals surface area contributed by atoms with Crippen molar-refractivity contribution in [3.05, 3.63) is 59.2 Å². The summed E-state index contributed by atoms with van der Waals surface area (Å²) >= 11 is 0. The van der Waals surface area contributed by atoms with E-state index in [0.717, 1.165) is 16.9 Å². The van der Waals surface area contributed by atoms with Crippen molar-refractivity contribution < 1.29 is 14.3 Å². The molecule has 2 aromatic carbocycles. The molecule has 0 fully saturated rings. The van der Waals surface area contributed by atoms with Gasteiger partial charge in [0.05, 0.1) is 18.6 Å². The smallest absolute Gasteiger partial charge is 0.177 e. The normalized spacial score (nSPS) is 16.4. The van der Waals surface area contributed by atoms with Crippen LogP contribution in [0, 0.1) is 6.92 Å². The molecule has 3 rings (SSSR count). The van der Waals surface area contributed by atoms with Crippen LogP contribution in [0.1, 0.15) is 27.4 Å². The van der Waals surface area contributed by atoms with Gasteiger partial charge in [-0.25, -0.2) is 0 Å². The fourth-order valence-electron chi connectivity index (χ4n) is 2.58. The maximum absolute atomic E-state index is 12.8. The van der Waals surface area contributed by atoms with Crippen LogP contribution in [0.5, 0.6) is 11.5 Å². The van der Waals surface area contributed by atoms with E-state index in [2.05, 4.69) is 0 Å². The molecular weight excluding hydrogens is 252 g/mol. The van der Waals surface area contributed by atoms with Crippen LogP contribution in [0.4, 0.5) is 0 Å². The van der Waals surface area contributed by atoms with E-state index in [1.165, 1.54) is 0 Å².